The molecule has 0 radical (unpaired) electrons. The second kappa shape index (κ2) is 9.17. The summed E-state index contributed by atoms with van der Waals surface area (Å²) in [6.07, 6.45) is -0.112. The van der Waals surface area contributed by atoms with Gasteiger partial charge in [-0.2, -0.15) is 0 Å². The third-order valence-corrected chi connectivity index (χ3v) is 9.10. The Balaban J connectivity index is 2.60. The van der Waals surface area contributed by atoms with Crippen LogP contribution in [0.25, 0.3) is 0 Å². The number of hydrogen-bond donors (Lipinski definition) is 2. The summed E-state index contributed by atoms with van der Waals surface area (Å²) < 4.78 is 11.3. The van der Waals surface area contributed by atoms with Crippen LogP contribution in [0.4, 0.5) is 4.79 Å². The Morgan fingerprint density at radius 2 is 1.92 bits per heavy atom. The zero-order valence-electron chi connectivity index (χ0n) is 15.9. The van der Waals surface area contributed by atoms with Crippen molar-refractivity contribution >= 4 is 14.4 Å². The average molecular weight is 366 g/mol. The van der Waals surface area contributed by atoms with Crippen LogP contribution in [0.5, 0.6) is 0 Å². The van der Waals surface area contributed by atoms with E-state index < -0.39 is 26.6 Å². The SMILES string of the molecule is C=CC(O)[C@H](CO[Si](C)(C)C(C)(C)C)NC(=O)OCc1ccccc1. The number of hydrogen-bond acceptors (Lipinski definition) is 4. The summed E-state index contributed by atoms with van der Waals surface area (Å²) in [4.78, 5) is 12.0. The van der Waals surface area contributed by atoms with Crippen molar-refractivity contribution in [2.24, 2.45) is 0 Å². The molecule has 1 amide bonds. The normalized spacial score (nSPS) is 14.5. The number of benzene rings is 1. The molecule has 1 rings (SSSR count). The Morgan fingerprint density at radius 1 is 1.32 bits per heavy atom. The van der Waals surface area contributed by atoms with Gasteiger partial charge >= 0.3 is 6.09 Å². The Hall–Kier alpha value is -1.63. The second-order valence-corrected chi connectivity index (χ2v) is 12.4. The molecule has 0 bridgehead atoms. The molecule has 0 aliphatic heterocycles. The highest BCUT2D eigenvalue weighted by atomic mass is 28.4. The minimum atomic E-state index is -1.99. The Labute approximate surface area is 152 Å². The van der Waals surface area contributed by atoms with Crippen LogP contribution in [-0.2, 0) is 15.8 Å². The molecular weight excluding hydrogens is 334 g/mol. The first-order chi connectivity index (χ1) is 11.6. The van der Waals surface area contributed by atoms with Crippen LogP contribution in [0.3, 0.4) is 0 Å². The van der Waals surface area contributed by atoms with Crippen LogP contribution in [0.15, 0.2) is 43.0 Å². The lowest BCUT2D eigenvalue weighted by molar-refractivity contribution is 0.0993. The van der Waals surface area contributed by atoms with Crippen molar-refractivity contribution in [1.29, 1.82) is 0 Å². The number of alkyl carbamates (subject to hydrolysis) is 1. The molecule has 140 valence electrons. The van der Waals surface area contributed by atoms with Crippen molar-refractivity contribution in [3.8, 4) is 0 Å². The van der Waals surface area contributed by atoms with Gasteiger partial charge in [0.15, 0.2) is 8.32 Å². The molecule has 0 spiro atoms. The maximum atomic E-state index is 12.0. The van der Waals surface area contributed by atoms with Gasteiger partial charge in [0.1, 0.15) is 6.61 Å². The first-order valence-corrected chi connectivity index (χ1v) is 11.4. The van der Waals surface area contributed by atoms with Crippen LogP contribution in [0, 0.1) is 0 Å². The highest BCUT2D eigenvalue weighted by molar-refractivity contribution is 6.74. The highest BCUT2D eigenvalue weighted by Gasteiger charge is 2.38. The summed E-state index contributed by atoms with van der Waals surface area (Å²) in [5.74, 6) is 0. The van der Waals surface area contributed by atoms with E-state index in [1.54, 1.807) is 0 Å². The third-order valence-electron chi connectivity index (χ3n) is 4.60. The van der Waals surface area contributed by atoms with Crippen molar-refractivity contribution in [3.63, 3.8) is 0 Å². The monoisotopic (exact) mass is 365 g/mol. The lowest BCUT2D eigenvalue weighted by Gasteiger charge is -2.37. The van der Waals surface area contributed by atoms with Crippen molar-refractivity contribution in [2.75, 3.05) is 6.61 Å². The molecule has 5 nitrogen and oxygen atoms in total. The predicted molar refractivity (Wildman–Crippen MR) is 103 cm³/mol. The molecule has 0 aliphatic carbocycles. The summed E-state index contributed by atoms with van der Waals surface area (Å²) in [5.41, 5.74) is 0.899. The van der Waals surface area contributed by atoms with Crippen molar-refractivity contribution in [3.05, 3.63) is 48.6 Å². The summed E-state index contributed by atoms with van der Waals surface area (Å²) in [7, 11) is -1.99. The minimum absolute atomic E-state index is 0.0461. The highest BCUT2D eigenvalue weighted by Crippen LogP contribution is 2.36. The summed E-state index contributed by atoms with van der Waals surface area (Å²) in [6, 6.07) is 8.82. The Kier molecular flexibility index (Phi) is 7.85. The van der Waals surface area contributed by atoms with Gasteiger partial charge in [0, 0.05) is 0 Å². The van der Waals surface area contributed by atoms with Gasteiger partial charge in [-0.05, 0) is 23.7 Å². The van der Waals surface area contributed by atoms with Gasteiger partial charge in [-0.3, -0.25) is 0 Å². The molecule has 0 saturated heterocycles. The zero-order chi connectivity index (χ0) is 19.1. The summed E-state index contributed by atoms with van der Waals surface area (Å²) >= 11 is 0. The van der Waals surface area contributed by atoms with E-state index >= 15 is 0 Å². The standard InChI is InChI=1S/C19H31NO4Si/c1-7-17(21)16(14-24-25(5,6)19(2,3)4)20-18(22)23-13-15-11-9-8-10-12-15/h7-12,16-17,21H,1,13-14H2,2-6H3,(H,20,22)/t16-,17?/m0/s1. The van der Waals surface area contributed by atoms with Crippen LogP contribution >= 0.6 is 0 Å². The maximum Gasteiger partial charge on any atom is 0.407 e. The number of carbonyl (C=O) groups is 1. The van der Waals surface area contributed by atoms with E-state index in [1.807, 2.05) is 30.3 Å². The molecule has 0 saturated carbocycles. The Morgan fingerprint density at radius 3 is 2.44 bits per heavy atom. The minimum Gasteiger partial charge on any atom is -0.445 e. The smallest absolute Gasteiger partial charge is 0.407 e. The fraction of sp³-hybridized carbons (Fsp3) is 0.526. The number of amides is 1. The second-order valence-electron chi connectivity index (χ2n) is 7.61. The molecule has 0 aromatic heterocycles. The largest absolute Gasteiger partial charge is 0.445 e. The zero-order valence-corrected chi connectivity index (χ0v) is 16.9. The molecule has 1 aromatic carbocycles. The predicted octanol–water partition coefficient (Wildman–Crippen LogP) is 3.85. The van der Waals surface area contributed by atoms with Crippen LogP contribution in [-0.4, -0.2) is 38.3 Å². The first-order valence-electron chi connectivity index (χ1n) is 8.48. The van der Waals surface area contributed by atoms with Crippen molar-refractivity contribution in [2.45, 2.75) is 57.7 Å². The first kappa shape index (κ1) is 21.4. The molecule has 25 heavy (non-hydrogen) atoms. The topological polar surface area (TPSA) is 67.8 Å². The van der Waals surface area contributed by atoms with Gasteiger partial charge in [0.25, 0.3) is 0 Å². The number of rotatable bonds is 8. The number of carbonyl (C=O) groups excluding carboxylic acids is 1. The van der Waals surface area contributed by atoms with E-state index in [0.717, 1.165) is 5.56 Å². The van der Waals surface area contributed by atoms with Gasteiger partial charge in [-0.15, -0.1) is 6.58 Å². The lowest BCUT2D eigenvalue weighted by atomic mass is 10.2. The number of aliphatic hydroxyl groups excluding tert-OH is 1. The van der Waals surface area contributed by atoms with Crippen LogP contribution in [0.1, 0.15) is 26.3 Å². The molecule has 6 heteroatoms. The van der Waals surface area contributed by atoms with Crippen LogP contribution < -0.4 is 5.32 Å². The molecule has 2 atom stereocenters. The molecule has 1 unspecified atom stereocenters. The molecule has 0 heterocycles. The van der Waals surface area contributed by atoms with Gasteiger partial charge in [-0.25, -0.2) is 4.79 Å². The fourth-order valence-corrected chi connectivity index (χ4v) is 2.85. The average Bonchev–Trinajstić information content (AvgIpc) is 2.56. The molecular formula is C19H31NO4Si. The molecule has 1 aromatic rings. The van der Waals surface area contributed by atoms with Gasteiger partial charge < -0.3 is 19.6 Å². The van der Waals surface area contributed by atoms with E-state index in [0.29, 0.717) is 0 Å². The molecule has 2 N–H and O–H groups in total. The van der Waals surface area contributed by atoms with E-state index in [-0.39, 0.29) is 18.3 Å². The van der Waals surface area contributed by atoms with Gasteiger partial charge in [0.2, 0.25) is 0 Å². The van der Waals surface area contributed by atoms with Crippen molar-refractivity contribution < 1.29 is 19.1 Å². The number of nitrogens with one attached hydrogen (secondary N) is 1. The summed E-state index contributed by atoms with van der Waals surface area (Å²) in [5, 5.41) is 12.8. The molecule has 0 aliphatic rings. The fourth-order valence-electron chi connectivity index (χ4n) is 1.82. The van der Waals surface area contributed by atoms with E-state index in [9.17, 15) is 9.90 Å². The van der Waals surface area contributed by atoms with Crippen LogP contribution in [0.2, 0.25) is 18.1 Å². The number of aliphatic hydroxyl groups is 1. The van der Waals surface area contributed by atoms with E-state index in [2.05, 4.69) is 45.8 Å². The van der Waals surface area contributed by atoms with E-state index in [1.165, 1.54) is 6.08 Å². The van der Waals surface area contributed by atoms with Gasteiger partial charge in [-0.1, -0.05) is 57.2 Å². The van der Waals surface area contributed by atoms with Gasteiger partial charge in [0.05, 0.1) is 18.8 Å². The lowest BCUT2D eigenvalue weighted by Crippen LogP contribution is -2.50. The third kappa shape index (κ3) is 7.02. The maximum absolute atomic E-state index is 12.0. The van der Waals surface area contributed by atoms with Crippen molar-refractivity contribution in [1.82, 2.24) is 5.32 Å². The Bertz CT molecular complexity index is 554. The summed E-state index contributed by atoms with van der Waals surface area (Å²) in [6.45, 7) is 14.6. The number of ether oxygens (including phenoxy) is 1. The quantitative estimate of drug-likeness (QED) is 0.542. The van der Waals surface area contributed by atoms with E-state index in [4.69, 9.17) is 9.16 Å². The molecule has 0 fully saturated rings.